The minimum atomic E-state index is 0.0810. The molecule has 1 aromatic rings. The van der Waals surface area contributed by atoms with Crippen molar-refractivity contribution in [1.82, 2.24) is 0 Å². The summed E-state index contributed by atoms with van der Waals surface area (Å²) in [6, 6.07) is 11.4. The van der Waals surface area contributed by atoms with Gasteiger partial charge in [-0.3, -0.25) is 0 Å². The molecule has 2 N–H and O–H groups in total. The molecule has 3 nitrogen and oxygen atoms in total. The quantitative estimate of drug-likeness (QED) is 0.844. The Balaban J connectivity index is 2.10. The van der Waals surface area contributed by atoms with Gasteiger partial charge in [-0.2, -0.15) is 5.26 Å². The molecule has 0 radical (unpaired) electrons. The number of nitriles is 1. The summed E-state index contributed by atoms with van der Waals surface area (Å²) in [4.78, 5) is 2.34. The minimum absolute atomic E-state index is 0.0810. The molecular weight excluding hydrogens is 210 g/mol. The van der Waals surface area contributed by atoms with Crippen molar-refractivity contribution in [1.29, 1.82) is 5.26 Å². The lowest BCUT2D eigenvalue weighted by Crippen LogP contribution is -2.26. The summed E-state index contributed by atoms with van der Waals surface area (Å²) >= 11 is 0. The lowest BCUT2D eigenvalue weighted by molar-refractivity contribution is 0.788. The van der Waals surface area contributed by atoms with E-state index in [4.69, 9.17) is 11.0 Å². The summed E-state index contributed by atoms with van der Waals surface area (Å²) in [6.07, 6.45) is 3.09. The van der Waals surface area contributed by atoms with Crippen LogP contribution >= 0.6 is 0 Å². The van der Waals surface area contributed by atoms with Crippen molar-refractivity contribution in [3.05, 3.63) is 29.8 Å². The fraction of sp³-hybridized carbons (Fsp3) is 0.500. The van der Waals surface area contributed by atoms with E-state index in [9.17, 15) is 0 Å². The number of nitrogens with two attached hydrogens (primary N) is 1. The Hall–Kier alpha value is -1.53. The molecule has 2 rings (SSSR count). The van der Waals surface area contributed by atoms with Gasteiger partial charge in [0.25, 0.3) is 0 Å². The molecule has 1 fully saturated rings. The predicted molar refractivity (Wildman–Crippen MR) is 69.6 cm³/mol. The van der Waals surface area contributed by atoms with Crippen molar-refractivity contribution in [2.75, 3.05) is 11.4 Å². The lowest BCUT2D eigenvalue weighted by Gasteiger charge is -2.24. The van der Waals surface area contributed by atoms with E-state index in [2.05, 4.69) is 35.2 Å². The highest BCUT2D eigenvalue weighted by molar-refractivity contribution is 5.50. The van der Waals surface area contributed by atoms with Crippen LogP contribution in [0.5, 0.6) is 0 Å². The molecule has 0 aromatic heterocycles. The largest absolute Gasteiger partial charge is 0.368 e. The standard InChI is InChI=1S/C14H19N3/c1-11(16)12-3-5-13(6-4-12)17(10-2-9-15)14-7-8-14/h3-6,11,14H,2,7-8,10,16H2,1H3/t11-/m1/s1. The Kier molecular flexibility index (Phi) is 3.65. The maximum atomic E-state index is 8.69. The second-order valence-corrected chi connectivity index (χ2v) is 4.71. The number of benzene rings is 1. The molecule has 0 saturated heterocycles. The van der Waals surface area contributed by atoms with E-state index in [0.29, 0.717) is 12.5 Å². The van der Waals surface area contributed by atoms with Crippen LogP contribution in [0.15, 0.2) is 24.3 Å². The molecule has 0 heterocycles. The van der Waals surface area contributed by atoms with Crippen LogP contribution in [-0.2, 0) is 0 Å². The smallest absolute Gasteiger partial charge is 0.0640 e. The fourth-order valence-corrected chi connectivity index (χ4v) is 2.05. The van der Waals surface area contributed by atoms with E-state index in [1.807, 2.05) is 6.92 Å². The van der Waals surface area contributed by atoms with E-state index in [-0.39, 0.29) is 6.04 Å². The average molecular weight is 229 g/mol. The molecule has 1 atom stereocenters. The molecule has 90 valence electrons. The molecule has 0 amide bonds. The topological polar surface area (TPSA) is 53.0 Å². The first-order valence-corrected chi connectivity index (χ1v) is 6.21. The monoisotopic (exact) mass is 229 g/mol. The van der Waals surface area contributed by atoms with Crippen LogP contribution in [-0.4, -0.2) is 12.6 Å². The highest BCUT2D eigenvalue weighted by atomic mass is 15.2. The number of rotatable bonds is 5. The van der Waals surface area contributed by atoms with Gasteiger partial charge in [-0.05, 0) is 37.5 Å². The Morgan fingerprint density at radius 2 is 2.06 bits per heavy atom. The first-order chi connectivity index (χ1) is 8.22. The van der Waals surface area contributed by atoms with Gasteiger partial charge in [0.1, 0.15) is 0 Å². The van der Waals surface area contributed by atoms with Gasteiger partial charge in [0, 0.05) is 24.3 Å². The number of hydrogen-bond donors (Lipinski definition) is 1. The zero-order valence-electron chi connectivity index (χ0n) is 10.3. The molecule has 1 aliphatic carbocycles. The van der Waals surface area contributed by atoms with Gasteiger partial charge < -0.3 is 10.6 Å². The van der Waals surface area contributed by atoms with Crippen molar-refractivity contribution in [3.63, 3.8) is 0 Å². The number of nitrogens with zero attached hydrogens (tertiary/aromatic N) is 2. The van der Waals surface area contributed by atoms with Crippen LogP contribution < -0.4 is 10.6 Å². The molecule has 3 heteroatoms. The fourth-order valence-electron chi connectivity index (χ4n) is 2.05. The molecular formula is C14H19N3. The first kappa shape index (κ1) is 11.9. The third-order valence-electron chi connectivity index (χ3n) is 3.20. The Morgan fingerprint density at radius 1 is 1.41 bits per heavy atom. The number of anilines is 1. The van der Waals surface area contributed by atoms with Crippen LogP contribution in [0.2, 0.25) is 0 Å². The molecule has 1 saturated carbocycles. The molecule has 0 unspecified atom stereocenters. The average Bonchev–Trinajstić information content (AvgIpc) is 3.14. The van der Waals surface area contributed by atoms with Crippen LogP contribution in [0.25, 0.3) is 0 Å². The third-order valence-corrected chi connectivity index (χ3v) is 3.20. The number of hydrogen-bond acceptors (Lipinski definition) is 3. The Bertz CT molecular complexity index is 398. The van der Waals surface area contributed by atoms with Gasteiger partial charge in [-0.25, -0.2) is 0 Å². The predicted octanol–water partition coefficient (Wildman–Crippen LogP) is 2.59. The molecule has 0 bridgehead atoms. The maximum Gasteiger partial charge on any atom is 0.0640 e. The van der Waals surface area contributed by atoms with Crippen LogP contribution in [0.4, 0.5) is 5.69 Å². The third kappa shape index (κ3) is 2.98. The van der Waals surface area contributed by atoms with Gasteiger partial charge in [-0.15, -0.1) is 0 Å². The van der Waals surface area contributed by atoms with Gasteiger partial charge in [0.15, 0.2) is 0 Å². The van der Waals surface area contributed by atoms with Crippen molar-refractivity contribution in [2.45, 2.75) is 38.3 Å². The Labute approximate surface area is 103 Å². The molecule has 1 aliphatic rings. The second kappa shape index (κ2) is 5.20. The van der Waals surface area contributed by atoms with Gasteiger partial charge >= 0.3 is 0 Å². The molecule has 0 aliphatic heterocycles. The van der Waals surface area contributed by atoms with Crippen LogP contribution in [0.3, 0.4) is 0 Å². The van der Waals surface area contributed by atoms with Crippen LogP contribution in [0.1, 0.15) is 37.8 Å². The summed E-state index contributed by atoms with van der Waals surface area (Å²) in [7, 11) is 0. The summed E-state index contributed by atoms with van der Waals surface area (Å²) in [5, 5.41) is 8.69. The van der Waals surface area contributed by atoms with Crippen molar-refractivity contribution >= 4 is 5.69 Å². The summed E-state index contributed by atoms with van der Waals surface area (Å²) in [5.41, 5.74) is 8.21. The lowest BCUT2D eigenvalue weighted by atomic mass is 10.1. The highest BCUT2D eigenvalue weighted by Crippen LogP contribution is 2.32. The van der Waals surface area contributed by atoms with Gasteiger partial charge in [-0.1, -0.05) is 12.1 Å². The van der Waals surface area contributed by atoms with E-state index in [0.717, 1.165) is 12.1 Å². The van der Waals surface area contributed by atoms with Gasteiger partial charge in [0.2, 0.25) is 0 Å². The summed E-state index contributed by atoms with van der Waals surface area (Å²) in [6.45, 7) is 2.82. The van der Waals surface area contributed by atoms with Crippen molar-refractivity contribution < 1.29 is 0 Å². The van der Waals surface area contributed by atoms with E-state index < -0.39 is 0 Å². The Morgan fingerprint density at radius 3 is 2.53 bits per heavy atom. The first-order valence-electron chi connectivity index (χ1n) is 6.21. The second-order valence-electron chi connectivity index (χ2n) is 4.71. The normalized spacial score (nSPS) is 16.3. The molecule has 0 spiro atoms. The van der Waals surface area contributed by atoms with Crippen molar-refractivity contribution in [3.8, 4) is 6.07 Å². The summed E-state index contributed by atoms with van der Waals surface area (Å²) < 4.78 is 0. The zero-order chi connectivity index (χ0) is 12.3. The molecule has 17 heavy (non-hydrogen) atoms. The minimum Gasteiger partial charge on any atom is -0.368 e. The van der Waals surface area contributed by atoms with Gasteiger partial charge in [0.05, 0.1) is 12.5 Å². The van der Waals surface area contributed by atoms with E-state index >= 15 is 0 Å². The SMILES string of the molecule is C[C@@H](N)c1ccc(N(CCC#N)C2CC2)cc1. The summed E-state index contributed by atoms with van der Waals surface area (Å²) in [5.74, 6) is 0. The van der Waals surface area contributed by atoms with Crippen LogP contribution in [0, 0.1) is 11.3 Å². The van der Waals surface area contributed by atoms with Crippen molar-refractivity contribution in [2.24, 2.45) is 5.73 Å². The highest BCUT2D eigenvalue weighted by Gasteiger charge is 2.28. The molecule has 1 aromatic carbocycles. The van der Waals surface area contributed by atoms with E-state index in [1.54, 1.807) is 0 Å². The zero-order valence-corrected chi connectivity index (χ0v) is 10.3. The maximum absolute atomic E-state index is 8.69. The van der Waals surface area contributed by atoms with E-state index in [1.165, 1.54) is 18.5 Å².